The monoisotopic (exact) mass is 322 g/mol. The predicted octanol–water partition coefficient (Wildman–Crippen LogP) is 0.251. The van der Waals surface area contributed by atoms with Crippen LogP contribution in [0.3, 0.4) is 0 Å². The number of quaternary nitrogens is 1. The topological polar surface area (TPSA) is 55.2 Å². The van der Waals surface area contributed by atoms with Crippen molar-refractivity contribution in [2.75, 3.05) is 52.3 Å². The lowest BCUT2D eigenvalue weighted by atomic mass is 10.2. The Hall–Kier alpha value is -1.95. The molecule has 6 heteroatoms. The Balaban J connectivity index is 1.98. The number of rotatable bonds is 6. The van der Waals surface area contributed by atoms with Crippen molar-refractivity contribution in [3.05, 3.63) is 18.2 Å². The average Bonchev–Trinajstić information content (AvgIpc) is 2.61. The number of carbonyl (C=O) groups is 1. The van der Waals surface area contributed by atoms with Gasteiger partial charge in [0, 0.05) is 6.07 Å². The van der Waals surface area contributed by atoms with E-state index in [4.69, 9.17) is 9.47 Å². The molecule has 1 aliphatic heterocycles. The van der Waals surface area contributed by atoms with Crippen LogP contribution < -0.4 is 19.7 Å². The molecule has 1 heterocycles. The normalized spacial score (nSPS) is 16.8. The minimum atomic E-state index is -0.291. The molecule has 0 unspecified atom stereocenters. The van der Waals surface area contributed by atoms with Gasteiger partial charge in [-0.2, -0.15) is 0 Å². The van der Waals surface area contributed by atoms with Gasteiger partial charge in [-0.3, -0.25) is 4.79 Å². The van der Waals surface area contributed by atoms with E-state index in [0.29, 0.717) is 5.75 Å². The van der Waals surface area contributed by atoms with E-state index in [1.54, 1.807) is 19.1 Å². The molecule has 1 aromatic carbocycles. The maximum atomic E-state index is 12.6. The number of methoxy groups -OCH3 is 2. The maximum absolute atomic E-state index is 12.6. The molecule has 23 heavy (non-hydrogen) atoms. The third kappa shape index (κ3) is 4.28. The number of amides is 1. The number of carbonyl (C=O) groups excluding carboxylic acids is 1. The fraction of sp³-hybridized carbons (Fsp3) is 0.588. The van der Waals surface area contributed by atoms with Gasteiger partial charge in [0.15, 0.2) is 0 Å². The minimum Gasteiger partial charge on any atom is -0.497 e. The van der Waals surface area contributed by atoms with Crippen LogP contribution in [0.5, 0.6) is 11.5 Å². The number of ether oxygens (including phenoxy) is 2. The second kappa shape index (κ2) is 8.06. The van der Waals surface area contributed by atoms with E-state index in [9.17, 15) is 4.79 Å². The molecule has 0 spiro atoms. The zero-order valence-electron chi connectivity index (χ0n) is 14.5. The van der Waals surface area contributed by atoms with E-state index in [1.165, 1.54) is 0 Å². The van der Waals surface area contributed by atoms with Gasteiger partial charge in [-0.15, -0.1) is 0 Å². The van der Waals surface area contributed by atoms with E-state index in [-0.39, 0.29) is 11.9 Å². The Morgan fingerprint density at radius 3 is 2.57 bits per heavy atom. The van der Waals surface area contributed by atoms with Crippen molar-refractivity contribution in [3.63, 3.8) is 0 Å². The number of nitrogens with zero attached hydrogens (tertiary/aromatic N) is 1. The summed E-state index contributed by atoms with van der Waals surface area (Å²) in [5, 5.41) is 3.26. The first kappa shape index (κ1) is 17.4. The van der Waals surface area contributed by atoms with Crippen LogP contribution in [0.1, 0.15) is 13.8 Å². The molecule has 1 fully saturated rings. The summed E-state index contributed by atoms with van der Waals surface area (Å²) >= 11 is 0. The van der Waals surface area contributed by atoms with Gasteiger partial charge in [0.25, 0.3) is 0 Å². The fourth-order valence-electron chi connectivity index (χ4n) is 2.88. The van der Waals surface area contributed by atoms with Gasteiger partial charge in [0.05, 0.1) is 52.6 Å². The molecule has 1 atom stereocenters. The Labute approximate surface area is 138 Å². The molecule has 6 nitrogen and oxygen atoms in total. The lowest BCUT2D eigenvalue weighted by molar-refractivity contribution is -0.902. The average molecular weight is 322 g/mol. The Bertz CT molecular complexity index is 528. The summed E-state index contributed by atoms with van der Waals surface area (Å²) in [7, 11) is 3.23. The molecule has 128 valence electrons. The van der Waals surface area contributed by atoms with E-state index >= 15 is 0 Å². The van der Waals surface area contributed by atoms with Crippen molar-refractivity contribution in [2.24, 2.45) is 0 Å². The predicted molar refractivity (Wildman–Crippen MR) is 90.4 cm³/mol. The number of likely N-dealkylation sites (N-methyl/N-ethyl adjacent to an activating group) is 1. The second-order valence-corrected chi connectivity index (χ2v) is 5.86. The second-order valence-electron chi connectivity index (χ2n) is 5.86. The van der Waals surface area contributed by atoms with E-state index < -0.39 is 0 Å². The molecule has 0 saturated carbocycles. The van der Waals surface area contributed by atoms with Crippen LogP contribution in [-0.2, 0) is 4.79 Å². The molecule has 0 radical (unpaired) electrons. The van der Waals surface area contributed by atoms with Crippen LogP contribution in [-0.4, -0.2) is 63.8 Å². The zero-order chi connectivity index (χ0) is 16.8. The van der Waals surface area contributed by atoms with Crippen LogP contribution in [0.25, 0.3) is 0 Å². The van der Waals surface area contributed by atoms with Crippen LogP contribution in [0.4, 0.5) is 5.69 Å². The zero-order valence-corrected chi connectivity index (χ0v) is 14.5. The minimum absolute atomic E-state index is 0.137. The van der Waals surface area contributed by atoms with E-state index in [0.717, 1.165) is 44.2 Å². The van der Waals surface area contributed by atoms with Crippen molar-refractivity contribution in [1.82, 2.24) is 4.90 Å². The highest BCUT2D eigenvalue weighted by Crippen LogP contribution is 2.29. The number of anilines is 1. The molecular weight excluding hydrogens is 294 g/mol. The highest BCUT2D eigenvalue weighted by molar-refractivity contribution is 5.85. The van der Waals surface area contributed by atoms with Gasteiger partial charge < -0.3 is 24.6 Å². The van der Waals surface area contributed by atoms with Gasteiger partial charge in [0.1, 0.15) is 17.5 Å². The van der Waals surface area contributed by atoms with Gasteiger partial charge in [0.2, 0.25) is 5.91 Å². The molecule has 1 aliphatic rings. The first-order valence-electron chi connectivity index (χ1n) is 8.20. The fourth-order valence-corrected chi connectivity index (χ4v) is 2.88. The quantitative estimate of drug-likeness (QED) is 0.788. The van der Waals surface area contributed by atoms with Crippen molar-refractivity contribution in [1.29, 1.82) is 0 Å². The molecule has 2 N–H and O–H groups in total. The summed E-state index contributed by atoms with van der Waals surface area (Å²) in [6.45, 7) is 8.92. The smallest absolute Gasteiger partial charge is 0.245 e. The summed E-state index contributed by atoms with van der Waals surface area (Å²) in [4.78, 5) is 16.1. The van der Waals surface area contributed by atoms with Gasteiger partial charge in [-0.25, -0.2) is 0 Å². The highest BCUT2D eigenvalue weighted by Gasteiger charge is 2.26. The number of hydrogen-bond acceptors (Lipinski definition) is 4. The first-order chi connectivity index (χ1) is 11.1. The first-order valence-corrected chi connectivity index (χ1v) is 8.20. The summed E-state index contributed by atoms with van der Waals surface area (Å²) in [5.74, 6) is 1.53. The molecule has 0 aromatic heterocycles. The van der Waals surface area contributed by atoms with Gasteiger partial charge in [-0.05, 0) is 26.0 Å². The lowest BCUT2D eigenvalue weighted by Gasteiger charge is -2.33. The van der Waals surface area contributed by atoms with E-state index in [1.807, 2.05) is 30.0 Å². The number of piperazine rings is 1. The summed E-state index contributed by atoms with van der Waals surface area (Å²) < 4.78 is 10.6. The highest BCUT2D eigenvalue weighted by atomic mass is 16.5. The van der Waals surface area contributed by atoms with Crippen molar-refractivity contribution < 1.29 is 19.2 Å². The third-order valence-electron chi connectivity index (χ3n) is 4.43. The Morgan fingerprint density at radius 2 is 2.00 bits per heavy atom. The van der Waals surface area contributed by atoms with Crippen molar-refractivity contribution in [2.45, 2.75) is 19.9 Å². The molecule has 1 saturated heterocycles. The number of nitrogens with one attached hydrogen (secondary N) is 2. The molecule has 1 amide bonds. The molecule has 0 bridgehead atoms. The van der Waals surface area contributed by atoms with Gasteiger partial charge >= 0.3 is 0 Å². The molecule has 1 aromatic rings. The maximum Gasteiger partial charge on any atom is 0.245 e. The standard InChI is InChI=1S/C17H27N3O3/c1-5-19-8-10-20(11-9-19)17(21)13(2)18-15-7-6-14(22-3)12-16(15)23-4/h6-7,12-13,18H,5,8-11H2,1-4H3/p+1/t13-/m0/s1. The Morgan fingerprint density at radius 1 is 1.30 bits per heavy atom. The summed E-state index contributed by atoms with van der Waals surface area (Å²) in [6.07, 6.45) is 0. The van der Waals surface area contributed by atoms with Crippen LogP contribution in [0.2, 0.25) is 0 Å². The van der Waals surface area contributed by atoms with Crippen molar-refractivity contribution >= 4 is 11.6 Å². The Kier molecular flexibility index (Phi) is 6.10. The SMILES string of the molecule is CC[NH+]1CCN(C(=O)[C@H](C)Nc2ccc(OC)cc2OC)CC1. The largest absolute Gasteiger partial charge is 0.497 e. The summed E-state index contributed by atoms with van der Waals surface area (Å²) in [5.41, 5.74) is 0.798. The lowest BCUT2D eigenvalue weighted by Crippen LogP contribution is -3.14. The van der Waals surface area contributed by atoms with E-state index in [2.05, 4.69) is 12.2 Å². The van der Waals surface area contributed by atoms with Crippen molar-refractivity contribution in [3.8, 4) is 11.5 Å². The molecule has 2 rings (SSSR count). The van der Waals surface area contributed by atoms with Crippen LogP contribution >= 0.6 is 0 Å². The molecule has 0 aliphatic carbocycles. The summed E-state index contributed by atoms with van der Waals surface area (Å²) in [6, 6.07) is 5.25. The number of hydrogen-bond donors (Lipinski definition) is 2. The van der Waals surface area contributed by atoms with Gasteiger partial charge in [-0.1, -0.05) is 0 Å². The number of benzene rings is 1. The third-order valence-corrected chi connectivity index (χ3v) is 4.43. The molecular formula is C17H28N3O3+. The van der Waals surface area contributed by atoms with Crippen LogP contribution in [0, 0.1) is 0 Å². The van der Waals surface area contributed by atoms with Crippen LogP contribution in [0.15, 0.2) is 18.2 Å².